The number of aryl methyl sites for hydroxylation is 1. The third kappa shape index (κ3) is 2.78. The van der Waals surface area contributed by atoms with Crippen LogP contribution >= 0.6 is 11.6 Å². The zero-order valence-electron chi connectivity index (χ0n) is 15.9. The summed E-state index contributed by atoms with van der Waals surface area (Å²) < 4.78 is 11.2. The average molecular weight is 398 g/mol. The van der Waals surface area contributed by atoms with E-state index in [1.54, 1.807) is 24.1 Å². The molecule has 144 valence electrons. The minimum Gasteiger partial charge on any atom is -0.497 e. The van der Waals surface area contributed by atoms with Crippen LogP contribution in [0.1, 0.15) is 46.6 Å². The summed E-state index contributed by atoms with van der Waals surface area (Å²) in [5.74, 6) is 0.570. The lowest BCUT2D eigenvalue weighted by molar-refractivity contribution is 0.0728. The predicted octanol–water partition coefficient (Wildman–Crippen LogP) is 4.72. The summed E-state index contributed by atoms with van der Waals surface area (Å²) in [7, 11) is 1.60. The zero-order valence-corrected chi connectivity index (χ0v) is 16.7. The summed E-state index contributed by atoms with van der Waals surface area (Å²) in [5, 5.41) is 0.884. The Kier molecular flexibility index (Phi) is 4.63. The summed E-state index contributed by atoms with van der Waals surface area (Å²) in [6.07, 6.45) is 0.769. The molecule has 3 aromatic rings. The second-order valence-corrected chi connectivity index (χ2v) is 7.35. The van der Waals surface area contributed by atoms with E-state index in [1.807, 2.05) is 38.1 Å². The lowest BCUT2D eigenvalue weighted by Gasteiger charge is -2.24. The van der Waals surface area contributed by atoms with Gasteiger partial charge in [0.25, 0.3) is 5.91 Å². The van der Waals surface area contributed by atoms with Gasteiger partial charge in [-0.25, -0.2) is 0 Å². The van der Waals surface area contributed by atoms with E-state index < -0.39 is 6.04 Å². The Bertz CT molecular complexity index is 1130. The number of hydrogen-bond acceptors (Lipinski definition) is 4. The maximum Gasteiger partial charge on any atom is 0.290 e. The molecule has 0 fully saturated rings. The predicted molar refractivity (Wildman–Crippen MR) is 108 cm³/mol. The molecule has 1 aliphatic heterocycles. The van der Waals surface area contributed by atoms with E-state index in [-0.39, 0.29) is 17.1 Å². The van der Waals surface area contributed by atoms with Crippen molar-refractivity contribution in [1.29, 1.82) is 0 Å². The van der Waals surface area contributed by atoms with Crippen molar-refractivity contribution in [2.45, 2.75) is 26.3 Å². The van der Waals surface area contributed by atoms with Crippen LogP contribution < -0.4 is 10.2 Å². The van der Waals surface area contributed by atoms with Gasteiger partial charge in [0.15, 0.2) is 5.43 Å². The van der Waals surface area contributed by atoms with E-state index >= 15 is 0 Å². The lowest BCUT2D eigenvalue weighted by atomic mass is 9.98. The molecule has 2 heterocycles. The van der Waals surface area contributed by atoms with Crippen molar-refractivity contribution >= 4 is 28.5 Å². The number of amides is 1. The molecule has 0 bridgehead atoms. The van der Waals surface area contributed by atoms with Crippen LogP contribution in [0.15, 0.2) is 45.6 Å². The molecule has 0 aliphatic carbocycles. The van der Waals surface area contributed by atoms with Crippen molar-refractivity contribution in [3.63, 3.8) is 0 Å². The van der Waals surface area contributed by atoms with E-state index in [1.165, 1.54) is 0 Å². The van der Waals surface area contributed by atoms with Gasteiger partial charge in [0, 0.05) is 11.6 Å². The quantitative estimate of drug-likeness (QED) is 0.639. The van der Waals surface area contributed by atoms with Crippen LogP contribution in [0.5, 0.6) is 5.75 Å². The first-order valence-corrected chi connectivity index (χ1v) is 9.55. The Balaban J connectivity index is 1.98. The fourth-order valence-corrected chi connectivity index (χ4v) is 3.91. The molecule has 1 aromatic heterocycles. The minimum atomic E-state index is -0.492. The van der Waals surface area contributed by atoms with E-state index in [0.29, 0.717) is 33.8 Å². The number of fused-ring (bicyclic) bond motifs is 2. The molecule has 1 amide bonds. The third-order valence-electron chi connectivity index (χ3n) is 5.14. The Labute approximate surface area is 167 Å². The van der Waals surface area contributed by atoms with Gasteiger partial charge in [0.2, 0.25) is 5.76 Å². The first-order chi connectivity index (χ1) is 13.5. The normalized spacial score (nSPS) is 15.9. The van der Waals surface area contributed by atoms with Crippen LogP contribution in [0.3, 0.4) is 0 Å². The summed E-state index contributed by atoms with van der Waals surface area (Å²) >= 11 is 6.23. The van der Waals surface area contributed by atoms with Crippen molar-refractivity contribution in [3.05, 3.63) is 74.1 Å². The monoisotopic (exact) mass is 397 g/mol. The SMILES string of the molecule is CCCN1C(=O)c2oc3cc(C)c(Cl)cc3c(=O)c2C1c1ccc(OC)cc1. The molecule has 5 nitrogen and oxygen atoms in total. The molecule has 2 aromatic carbocycles. The fraction of sp³-hybridized carbons (Fsp3) is 0.273. The minimum absolute atomic E-state index is 0.119. The van der Waals surface area contributed by atoms with Crippen LogP contribution in [0.4, 0.5) is 0 Å². The van der Waals surface area contributed by atoms with Gasteiger partial charge in [-0.2, -0.15) is 0 Å². The number of nitrogens with zero attached hydrogens (tertiary/aromatic N) is 1. The van der Waals surface area contributed by atoms with Crippen LogP contribution in [0.2, 0.25) is 5.02 Å². The van der Waals surface area contributed by atoms with Crippen molar-refractivity contribution in [3.8, 4) is 5.75 Å². The zero-order chi connectivity index (χ0) is 20.0. The van der Waals surface area contributed by atoms with E-state index in [4.69, 9.17) is 20.8 Å². The molecule has 1 unspecified atom stereocenters. The van der Waals surface area contributed by atoms with Crippen LogP contribution in [-0.2, 0) is 0 Å². The average Bonchev–Trinajstić information content (AvgIpc) is 2.96. The van der Waals surface area contributed by atoms with Crippen molar-refractivity contribution in [2.24, 2.45) is 0 Å². The smallest absolute Gasteiger partial charge is 0.290 e. The number of ether oxygens (including phenoxy) is 1. The van der Waals surface area contributed by atoms with Gasteiger partial charge in [-0.05, 0) is 48.7 Å². The molecule has 1 aliphatic rings. The highest BCUT2D eigenvalue weighted by atomic mass is 35.5. The fourth-order valence-electron chi connectivity index (χ4n) is 3.75. The Morgan fingerprint density at radius 3 is 2.54 bits per heavy atom. The molecule has 0 saturated heterocycles. The maximum absolute atomic E-state index is 13.4. The van der Waals surface area contributed by atoms with Gasteiger partial charge in [-0.15, -0.1) is 0 Å². The van der Waals surface area contributed by atoms with Gasteiger partial charge in [0.1, 0.15) is 11.3 Å². The second kappa shape index (κ2) is 6.99. The Morgan fingerprint density at radius 1 is 1.18 bits per heavy atom. The number of rotatable bonds is 4. The number of methoxy groups -OCH3 is 1. The highest BCUT2D eigenvalue weighted by Gasteiger charge is 2.42. The first-order valence-electron chi connectivity index (χ1n) is 9.18. The van der Waals surface area contributed by atoms with Crippen LogP contribution in [-0.4, -0.2) is 24.5 Å². The van der Waals surface area contributed by atoms with Crippen LogP contribution in [0, 0.1) is 6.92 Å². The number of benzene rings is 2. The van der Waals surface area contributed by atoms with E-state index in [9.17, 15) is 9.59 Å². The molecule has 6 heteroatoms. The van der Waals surface area contributed by atoms with Crippen molar-refractivity contribution in [1.82, 2.24) is 4.90 Å². The molecule has 0 spiro atoms. The van der Waals surface area contributed by atoms with Gasteiger partial charge in [0.05, 0.1) is 24.1 Å². The summed E-state index contributed by atoms with van der Waals surface area (Å²) in [6.45, 7) is 4.35. The van der Waals surface area contributed by atoms with Crippen molar-refractivity contribution < 1.29 is 13.9 Å². The molecule has 0 radical (unpaired) electrons. The van der Waals surface area contributed by atoms with Gasteiger partial charge in [-0.1, -0.05) is 30.7 Å². The van der Waals surface area contributed by atoms with Crippen LogP contribution in [0.25, 0.3) is 11.0 Å². The topological polar surface area (TPSA) is 59.8 Å². The number of carbonyl (C=O) groups excluding carboxylic acids is 1. The molecule has 0 saturated carbocycles. The Hall–Kier alpha value is -2.79. The maximum atomic E-state index is 13.4. The third-order valence-corrected chi connectivity index (χ3v) is 5.55. The summed E-state index contributed by atoms with van der Waals surface area (Å²) in [5.41, 5.74) is 2.17. The lowest BCUT2D eigenvalue weighted by Crippen LogP contribution is -2.30. The molecule has 28 heavy (non-hydrogen) atoms. The second-order valence-electron chi connectivity index (χ2n) is 6.95. The Morgan fingerprint density at radius 2 is 1.89 bits per heavy atom. The molecule has 1 atom stereocenters. The molecule has 4 rings (SSSR count). The van der Waals surface area contributed by atoms with E-state index in [2.05, 4.69) is 0 Å². The van der Waals surface area contributed by atoms with Gasteiger partial charge in [-0.3, -0.25) is 9.59 Å². The van der Waals surface area contributed by atoms with Gasteiger partial charge < -0.3 is 14.1 Å². The van der Waals surface area contributed by atoms with E-state index in [0.717, 1.165) is 17.5 Å². The number of carbonyl (C=O) groups is 1. The molecular weight excluding hydrogens is 378 g/mol. The summed E-state index contributed by atoms with van der Waals surface area (Å²) in [6, 6.07) is 10.2. The van der Waals surface area contributed by atoms with Crippen molar-refractivity contribution in [2.75, 3.05) is 13.7 Å². The largest absolute Gasteiger partial charge is 0.497 e. The molecular formula is C22H20ClNO4. The highest BCUT2D eigenvalue weighted by Crippen LogP contribution is 2.39. The number of hydrogen-bond donors (Lipinski definition) is 0. The molecule has 0 N–H and O–H groups in total. The van der Waals surface area contributed by atoms with Gasteiger partial charge >= 0.3 is 0 Å². The standard InChI is InChI=1S/C22H20ClNO4/c1-4-9-24-19(13-5-7-14(27-3)8-6-13)18-20(25)15-11-16(23)12(2)10-17(15)28-21(18)22(24)26/h5-8,10-11,19H,4,9H2,1-3H3. The highest BCUT2D eigenvalue weighted by molar-refractivity contribution is 6.32. The number of halogens is 1. The summed E-state index contributed by atoms with van der Waals surface area (Å²) in [4.78, 5) is 28.1. The first kappa shape index (κ1) is 18.6.